The number of nitriles is 1. The third-order valence-corrected chi connectivity index (χ3v) is 3.97. The van der Waals surface area contributed by atoms with Crippen LogP contribution in [0.2, 0.25) is 0 Å². The Bertz CT molecular complexity index is 616. The zero-order chi connectivity index (χ0) is 17.0. The highest BCUT2D eigenvalue weighted by Gasteiger charge is 2.25. The monoisotopic (exact) mass is 317 g/mol. The van der Waals surface area contributed by atoms with Crippen molar-refractivity contribution in [3.8, 4) is 6.07 Å². The minimum Gasteiger partial charge on any atom is -0.372 e. The van der Waals surface area contributed by atoms with Crippen LogP contribution in [0, 0.1) is 25.2 Å². The molecule has 0 unspecified atom stereocenters. The molecule has 0 radical (unpaired) electrons. The molecule has 2 rings (SSSR count). The Morgan fingerprint density at radius 2 is 2.00 bits per heavy atom. The minimum absolute atomic E-state index is 0.0615. The summed E-state index contributed by atoms with van der Waals surface area (Å²) in [6.07, 6.45) is 0.469. The smallest absolute Gasteiger partial charge is 0.224 e. The van der Waals surface area contributed by atoms with Gasteiger partial charge in [0.2, 0.25) is 5.91 Å². The van der Waals surface area contributed by atoms with E-state index in [0.29, 0.717) is 37.4 Å². The molecule has 0 aliphatic carbocycles. The summed E-state index contributed by atoms with van der Waals surface area (Å²) in [4.78, 5) is 14.1. The van der Waals surface area contributed by atoms with Gasteiger partial charge in [0.15, 0.2) is 5.82 Å². The molecule has 0 aromatic carbocycles. The Kier molecular flexibility index (Phi) is 5.50. The maximum absolute atomic E-state index is 12.3. The molecule has 7 nitrogen and oxygen atoms in total. The molecule has 1 saturated heterocycles. The van der Waals surface area contributed by atoms with Crippen molar-refractivity contribution in [2.24, 2.45) is 0 Å². The molecule has 1 aliphatic rings. The van der Waals surface area contributed by atoms with Gasteiger partial charge in [0.05, 0.1) is 17.9 Å². The summed E-state index contributed by atoms with van der Waals surface area (Å²) in [5.74, 6) is 0.516. The van der Waals surface area contributed by atoms with Crippen molar-refractivity contribution in [2.75, 3.05) is 25.0 Å². The predicted octanol–water partition coefficient (Wildman–Crippen LogP) is 1.40. The average molecular weight is 317 g/mol. The van der Waals surface area contributed by atoms with Gasteiger partial charge in [0, 0.05) is 26.1 Å². The van der Waals surface area contributed by atoms with Gasteiger partial charge in [-0.2, -0.15) is 10.4 Å². The second kappa shape index (κ2) is 7.38. The summed E-state index contributed by atoms with van der Waals surface area (Å²) >= 11 is 0. The SMILES string of the molecule is Cc1nnc(NCCC(=O)N2C[C@@H](C)O[C@H](C)C2)c(C#N)c1C. The molecule has 0 spiro atoms. The van der Waals surface area contributed by atoms with E-state index in [4.69, 9.17) is 4.74 Å². The van der Waals surface area contributed by atoms with Gasteiger partial charge in [0.1, 0.15) is 11.6 Å². The van der Waals surface area contributed by atoms with E-state index in [9.17, 15) is 10.1 Å². The molecule has 1 N–H and O–H groups in total. The third-order valence-electron chi connectivity index (χ3n) is 3.97. The lowest BCUT2D eigenvalue weighted by Gasteiger charge is -2.35. The number of rotatable bonds is 4. The molecule has 2 heterocycles. The van der Waals surface area contributed by atoms with E-state index in [2.05, 4.69) is 21.6 Å². The van der Waals surface area contributed by atoms with E-state index in [-0.39, 0.29) is 18.1 Å². The normalized spacial score (nSPS) is 20.9. The van der Waals surface area contributed by atoms with E-state index in [1.807, 2.05) is 32.6 Å². The van der Waals surface area contributed by atoms with Crippen molar-refractivity contribution in [3.05, 3.63) is 16.8 Å². The number of aryl methyl sites for hydroxylation is 1. The van der Waals surface area contributed by atoms with Crippen LogP contribution in [0.3, 0.4) is 0 Å². The standard InChI is InChI=1S/C16H23N5O2/c1-10-8-21(9-11(2)23-10)15(22)5-6-18-16-14(7-17)12(3)13(4)19-20-16/h10-11H,5-6,8-9H2,1-4H3,(H,18,20)/t10-,11-/m1/s1. The summed E-state index contributed by atoms with van der Waals surface area (Å²) in [6, 6.07) is 2.14. The van der Waals surface area contributed by atoms with Gasteiger partial charge in [-0.15, -0.1) is 5.10 Å². The van der Waals surface area contributed by atoms with Gasteiger partial charge >= 0.3 is 0 Å². The molecule has 1 aliphatic heterocycles. The van der Waals surface area contributed by atoms with Crippen LogP contribution in [0.25, 0.3) is 0 Å². The largest absolute Gasteiger partial charge is 0.372 e. The molecule has 1 aromatic rings. The van der Waals surface area contributed by atoms with Crippen LogP contribution in [-0.2, 0) is 9.53 Å². The number of hydrogen-bond donors (Lipinski definition) is 1. The van der Waals surface area contributed by atoms with E-state index in [0.717, 1.165) is 11.3 Å². The number of amides is 1. The molecule has 124 valence electrons. The maximum Gasteiger partial charge on any atom is 0.224 e. The summed E-state index contributed by atoms with van der Waals surface area (Å²) in [7, 11) is 0. The first kappa shape index (κ1) is 17.2. The highest BCUT2D eigenvalue weighted by atomic mass is 16.5. The Labute approximate surface area is 136 Å². The van der Waals surface area contributed by atoms with Gasteiger partial charge in [-0.05, 0) is 33.3 Å². The van der Waals surface area contributed by atoms with E-state index in [1.54, 1.807) is 0 Å². The summed E-state index contributed by atoms with van der Waals surface area (Å²) < 4.78 is 5.63. The number of nitrogens with one attached hydrogen (secondary N) is 1. The first-order valence-corrected chi connectivity index (χ1v) is 7.83. The fourth-order valence-electron chi connectivity index (χ4n) is 2.70. The highest BCUT2D eigenvalue weighted by molar-refractivity contribution is 5.77. The Morgan fingerprint density at radius 1 is 1.35 bits per heavy atom. The van der Waals surface area contributed by atoms with Crippen LogP contribution in [0.1, 0.15) is 37.1 Å². The molecule has 1 aromatic heterocycles. The van der Waals surface area contributed by atoms with E-state index >= 15 is 0 Å². The average Bonchev–Trinajstić information content (AvgIpc) is 2.50. The van der Waals surface area contributed by atoms with Gasteiger partial charge in [-0.25, -0.2) is 0 Å². The van der Waals surface area contributed by atoms with Crippen LogP contribution in [0.5, 0.6) is 0 Å². The van der Waals surface area contributed by atoms with Crippen molar-refractivity contribution in [1.82, 2.24) is 15.1 Å². The van der Waals surface area contributed by atoms with Gasteiger partial charge < -0.3 is 15.0 Å². The lowest BCUT2D eigenvalue weighted by Crippen LogP contribution is -2.48. The van der Waals surface area contributed by atoms with Gasteiger partial charge in [0.25, 0.3) is 0 Å². The van der Waals surface area contributed by atoms with E-state index in [1.165, 1.54) is 0 Å². The molecule has 0 saturated carbocycles. The second-order valence-electron chi connectivity index (χ2n) is 5.98. The fourth-order valence-corrected chi connectivity index (χ4v) is 2.70. The van der Waals surface area contributed by atoms with Crippen LogP contribution in [0.15, 0.2) is 0 Å². The Balaban J connectivity index is 1.91. The van der Waals surface area contributed by atoms with Gasteiger partial charge in [-0.3, -0.25) is 4.79 Å². The predicted molar refractivity (Wildman–Crippen MR) is 85.9 cm³/mol. The van der Waals surface area contributed by atoms with Crippen LogP contribution in [-0.4, -0.2) is 52.8 Å². The number of anilines is 1. The fraction of sp³-hybridized carbons (Fsp3) is 0.625. The van der Waals surface area contributed by atoms with Crippen molar-refractivity contribution in [3.63, 3.8) is 0 Å². The van der Waals surface area contributed by atoms with Crippen molar-refractivity contribution in [1.29, 1.82) is 5.26 Å². The molecule has 7 heteroatoms. The number of carbonyl (C=O) groups excluding carboxylic acids is 1. The molecular formula is C16H23N5O2. The summed E-state index contributed by atoms with van der Waals surface area (Å²) in [5, 5.41) is 20.3. The van der Waals surface area contributed by atoms with Crippen molar-refractivity contribution >= 4 is 11.7 Å². The summed E-state index contributed by atoms with van der Waals surface area (Å²) in [5.41, 5.74) is 2.03. The molecule has 2 atom stereocenters. The minimum atomic E-state index is 0.0615. The Hall–Kier alpha value is -2.20. The lowest BCUT2D eigenvalue weighted by atomic mass is 10.1. The molecule has 1 fully saturated rings. The maximum atomic E-state index is 12.3. The number of hydrogen-bond acceptors (Lipinski definition) is 6. The molecule has 1 amide bonds. The first-order chi connectivity index (χ1) is 10.9. The van der Waals surface area contributed by atoms with Crippen LogP contribution >= 0.6 is 0 Å². The van der Waals surface area contributed by atoms with Crippen LogP contribution in [0.4, 0.5) is 5.82 Å². The second-order valence-corrected chi connectivity index (χ2v) is 5.98. The molecular weight excluding hydrogens is 294 g/mol. The zero-order valence-electron chi connectivity index (χ0n) is 14.1. The Morgan fingerprint density at radius 3 is 2.61 bits per heavy atom. The van der Waals surface area contributed by atoms with Crippen molar-refractivity contribution in [2.45, 2.75) is 46.3 Å². The first-order valence-electron chi connectivity index (χ1n) is 7.83. The lowest BCUT2D eigenvalue weighted by molar-refractivity contribution is -0.142. The van der Waals surface area contributed by atoms with E-state index < -0.39 is 0 Å². The third kappa shape index (κ3) is 4.17. The number of ether oxygens (including phenoxy) is 1. The number of aromatic nitrogens is 2. The van der Waals surface area contributed by atoms with Crippen LogP contribution < -0.4 is 5.32 Å². The molecule has 0 bridgehead atoms. The number of nitrogens with zero attached hydrogens (tertiary/aromatic N) is 4. The zero-order valence-corrected chi connectivity index (χ0v) is 14.1. The number of morpholine rings is 1. The number of carbonyl (C=O) groups is 1. The van der Waals surface area contributed by atoms with Gasteiger partial charge in [-0.1, -0.05) is 0 Å². The van der Waals surface area contributed by atoms with Crippen molar-refractivity contribution < 1.29 is 9.53 Å². The highest BCUT2D eigenvalue weighted by Crippen LogP contribution is 2.17. The quantitative estimate of drug-likeness (QED) is 0.902. The topological polar surface area (TPSA) is 91.1 Å². The summed E-state index contributed by atoms with van der Waals surface area (Å²) in [6.45, 7) is 9.26. The molecule has 23 heavy (non-hydrogen) atoms.